The van der Waals surface area contributed by atoms with Gasteiger partial charge in [-0.15, -0.1) is 0 Å². The highest BCUT2D eigenvalue weighted by molar-refractivity contribution is 5.50. The number of hydrazine groups is 1. The van der Waals surface area contributed by atoms with Crippen LogP contribution in [0, 0.1) is 11.8 Å². The van der Waals surface area contributed by atoms with Gasteiger partial charge in [0.2, 0.25) is 0 Å². The Morgan fingerprint density at radius 3 is 3.00 bits per heavy atom. The molecule has 116 valence electrons. The van der Waals surface area contributed by atoms with Crippen LogP contribution in [-0.2, 0) is 11.3 Å². The molecule has 0 radical (unpaired) electrons. The van der Waals surface area contributed by atoms with Crippen molar-refractivity contribution in [3.63, 3.8) is 0 Å². The van der Waals surface area contributed by atoms with E-state index in [1.54, 1.807) is 0 Å². The first-order chi connectivity index (χ1) is 10.2. The van der Waals surface area contributed by atoms with Crippen LogP contribution < -0.4 is 16.2 Å². The van der Waals surface area contributed by atoms with Crippen LogP contribution in [0.4, 0.5) is 11.6 Å². The summed E-state index contributed by atoms with van der Waals surface area (Å²) in [4.78, 5) is 11.1. The van der Waals surface area contributed by atoms with Gasteiger partial charge in [0.25, 0.3) is 0 Å². The number of fused-ring (bicyclic) bond motifs is 1. The number of nitrogens with zero attached hydrogens (tertiary/aromatic N) is 3. The molecule has 4 N–H and O–H groups in total. The van der Waals surface area contributed by atoms with Gasteiger partial charge in [-0.05, 0) is 25.7 Å². The molecule has 1 saturated heterocycles. The number of rotatable bonds is 5. The number of nitrogens with one attached hydrogen (secondary N) is 1. The first kappa shape index (κ1) is 14.5. The summed E-state index contributed by atoms with van der Waals surface area (Å²) in [6.07, 6.45) is 1.86. The van der Waals surface area contributed by atoms with E-state index in [-0.39, 0.29) is 6.10 Å². The molecule has 2 aliphatic rings. The van der Waals surface area contributed by atoms with Crippen molar-refractivity contribution in [1.82, 2.24) is 9.97 Å². The maximum absolute atomic E-state index is 10.0. The van der Waals surface area contributed by atoms with E-state index in [2.05, 4.69) is 20.3 Å². The number of hydrogen-bond acceptors (Lipinski definition) is 7. The quantitative estimate of drug-likeness (QED) is 0.537. The summed E-state index contributed by atoms with van der Waals surface area (Å²) in [5, 5.41) is 10.0. The maximum Gasteiger partial charge on any atom is 0.158 e. The average Bonchev–Trinajstić information content (AvgIpc) is 3.07. The molecule has 21 heavy (non-hydrogen) atoms. The highest BCUT2D eigenvalue weighted by atomic mass is 16.5. The Bertz CT molecular complexity index is 498. The van der Waals surface area contributed by atoms with E-state index < -0.39 is 0 Å². The van der Waals surface area contributed by atoms with Crippen molar-refractivity contribution in [3.05, 3.63) is 11.9 Å². The fourth-order valence-electron chi connectivity index (χ4n) is 3.40. The maximum atomic E-state index is 10.0. The van der Waals surface area contributed by atoms with Crippen molar-refractivity contribution >= 4 is 11.6 Å². The lowest BCUT2D eigenvalue weighted by atomic mass is 10.00. The summed E-state index contributed by atoms with van der Waals surface area (Å²) in [5.74, 6) is 8.49. The fraction of sp³-hybridized carbons (Fsp3) is 0.714. The second kappa shape index (κ2) is 6.13. The Hall–Kier alpha value is -1.44. The molecule has 2 heterocycles. The second-order valence-electron chi connectivity index (χ2n) is 5.78. The zero-order valence-corrected chi connectivity index (χ0v) is 12.3. The van der Waals surface area contributed by atoms with Gasteiger partial charge in [0.05, 0.1) is 6.10 Å². The van der Waals surface area contributed by atoms with Crippen molar-refractivity contribution < 1.29 is 9.84 Å². The zero-order valence-electron chi connectivity index (χ0n) is 12.3. The van der Waals surface area contributed by atoms with Crippen LogP contribution in [-0.4, -0.2) is 40.9 Å². The van der Waals surface area contributed by atoms with Gasteiger partial charge in [-0.1, -0.05) is 0 Å². The number of aliphatic hydroxyl groups is 1. The molecule has 0 bridgehead atoms. The van der Waals surface area contributed by atoms with Crippen LogP contribution in [0.15, 0.2) is 6.07 Å². The molecule has 0 aromatic carbocycles. The van der Waals surface area contributed by atoms with Gasteiger partial charge >= 0.3 is 0 Å². The van der Waals surface area contributed by atoms with E-state index >= 15 is 0 Å². The minimum absolute atomic E-state index is 0.170. The van der Waals surface area contributed by atoms with E-state index in [1.807, 2.05) is 13.0 Å². The van der Waals surface area contributed by atoms with Crippen LogP contribution in [0.3, 0.4) is 0 Å². The SMILES string of the molecule is CCOCc1nc(NN)cc(N2CC3CCC(O)C3C2)n1. The minimum Gasteiger partial charge on any atom is -0.393 e. The summed E-state index contributed by atoms with van der Waals surface area (Å²) in [5.41, 5.74) is 2.58. The molecule has 1 aromatic rings. The number of ether oxygens (including phenoxy) is 1. The second-order valence-corrected chi connectivity index (χ2v) is 5.78. The minimum atomic E-state index is -0.170. The van der Waals surface area contributed by atoms with Crippen LogP contribution >= 0.6 is 0 Å². The van der Waals surface area contributed by atoms with E-state index in [0.717, 1.165) is 31.7 Å². The van der Waals surface area contributed by atoms with Crippen LogP contribution in [0.1, 0.15) is 25.6 Å². The standard InChI is InChI=1S/C14H23N5O2/c1-2-21-8-13-16-12(18-15)5-14(17-13)19-6-9-3-4-11(20)10(9)7-19/h5,9-11,20H,2-4,6-8,15H2,1H3,(H,16,17,18). The van der Waals surface area contributed by atoms with Crippen LogP contribution in [0.2, 0.25) is 0 Å². The van der Waals surface area contributed by atoms with Crippen molar-refractivity contribution in [2.24, 2.45) is 17.7 Å². The summed E-state index contributed by atoms with van der Waals surface area (Å²) in [6.45, 7) is 4.73. The number of aromatic nitrogens is 2. The predicted octanol–water partition coefficient (Wildman–Crippen LogP) is 0.506. The van der Waals surface area contributed by atoms with E-state index in [4.69, 9.17) is 10.6 Å². The smallest absolute Gasteiger partial charge is 0.158 e. The van der Waals surface area contributed by atoms with E-state index in [1.165, 1.54) is 0 Å². The number of nitrogens with two attached hydrogens (primary N) is 1. The Balaban J connectivity index is 1.78. The molecular weight excluding hydrogens is 270 g/mol. The molecule has 3 atom stereocenters. The van der Waals surface area contributed by atoms with Crippen molar-refractivity contribution in [2.45, 2.75) is 32.5 Å². The molecule has 1 aliphatic carbocycles. The lowest BCUT2D eigenvalue weighted by molar-refractivity contribution is 0.128. The summed E-state index contributed by atoms with van der Waals surface area (Å²) in [7, 11) is 0. The van der Waals surface area contributed by atoms with Gasteiger partial charge in [0.15, 0.2) is 5.82 Å². The highest BCUT2D eigenvalue weighted by Crippen LogP contribution is 2.39. The molecule has 7 heteroatoms. The Kier molecular flexibility index (Phi) is 4.23. The summed E-state index contributed by atoms with van der Waals surface area (Å²) in [6, 6.07) is 1.85. The first-order valence-electron chi connectivity index (χ1n) is 7.56. The van der Waals surface area contributed by atoms with Gasteiger partial charge in [0.1, 0.15) is 18.2 Å². The van der Waals surface area contributed by atoms with Gasteiger partial charge in [-0.2, -0.15) is 0 Å². The third-order valence-electron chi connectivity index (χ3n) is 4.49. The Morgan fingerprint density at radius 1 is 1.43 bits per heavy atom. The largest absolute Gasteiger partial charge is 0.393 e. The Morgan fingerprint density at radius 2 is 2.29 bits per heavy atom. The van der Waals surface area contributed by atoms with Crippen molar-refractivity contribution in [3.8, 4) is 0 Å². The predicted molar refractivity (Wildman–Crippen MR) is 79.6 cm³/mol. The third-order valence-corrected chi connectivity index (χ3v) is 4.49. The van der Waals surface area contributed by atoms with E-state index in [0.29, 0.717) is 36.7 Å². The summed E-state index contributed by atoms with van der Waals surface area (Å²) < 4.78 is 5.38. The average molecular weight is 293 g/mol. The summed E-state index contributed by atoms with van der Waals surface area (Å²) >= 11 is 0. The molecule has 0 amide bonds. The molecule has 3 rings (SSSR count). The molecule has 1 saturated carbocycles. The van der Waals surface area contributed by atoms with Crippen LogP contribution in [0.5, 0.6) is 0 Å². The molecule has 1 aromatic heterocycles. The van der Waals surface area contributed by atoms with Gasteiger partial charge in [-0.25, -0.2) is 15.8 Å². The molecule has 2 fully saturated rings. The number of anilines is 2. The van der Waals surface area contributed by atoms with Gasteiger partial charge in [-0.3, -0.25) is 0 Å². The fourth-order valence-corrected chi connectivity index (χ4v) is 3.40. The monoisotopic (exact) mass is 293 g/mol. The first-order valence-corrected chi connectivity index (χ1v) is 7.56. The van der Waals surface area contributed by atoms with Crippen molar-refractivity contribution in [2.75, 3.05) is 30.0 Å². The van der Waals surface area contributed by atoms with Crippen LogP contribution in [0.25, 0.3) is 0 Å². The normalized spacial score (nSPS) is 28.0. The van der Waals surface area contributed by atoms with Crippen molar-refractivity contribution in [1.29, 1.82) is 0 Å². The number of aliphatic hydroxyl groups excluding tert-OH is 1. The number of hydrogen-bond donors (Lipinski definition) is 3. The lowest BCUT2D eigenvalue weighted by Gasteiger charge is -2.20. The molecule has 3 unspecified atom stereocenters. The lowest BCUT2D eigenvalue weighted by Crippen LogP contribution is -2.26. The highest BCUT2D eigenvalue weighted by Gasteiger charge is 2.42. The van der Waals surface area contributed by atoms with Gasteiger partial charge in [0, 0.05) is 31.7 Å². The third kappa shape index (κ3) is 2.95. The topological polar surface area (TPSA) is 96.5 Å². The van der Waals surface area contributed by atoms with E-state index in [9.17, 15) is 5.11 Å². The zero-order chi connectivity index (χ0) is 14.8. The molecule has 7 nitrogen and oxygen atoms in total. The van der Waals surface area contributed by atoms with Gasteiger partial charge < -0.3 is 20.2 Å². The molecular formula is C14H23N5O2. The number of nitrogen functional groups attached to an aromatic ring is 1. The molecule has 0 spiro atoms. The molecule has 1 aliphatic heterocycles. The Labute approximate surface area is 124 Å².